The Labute approximate surface area is 213 Å². The zero-order valence-electron chi connectivity index (χ0n) is 19.6. The number of carbonyl (C=O) groups excluding carboxylic acids is 2. The van der Waals surface area contributed by atoms with Gasteiger partial charge in [-0.15, -0.1) is 0 Å². The minimum Gasteiger partial charge on any atom is -0.475 e. The molecule has 0 radical (unpaired) electrons. The Bertz CT molecular complexity index is 1350. The van der Waals surface area contributed by atoms with E-state index in [0.29, 0.717) is 23.2 Å². The molecule has 2 aromatic heterocycles. The highest BCUT2D eigenvalue weighted by atomic mass is 19.4. The van der Waals surface area contributed by atoms with Gasteiger partial charge in [0.1, 0.15) is 5.83 Å². The number of hydrogen-bond donors (Lipinski definition) is 5. The van der Waals surface area contributed by atoms with Gasteiger partial charge in [0.15, 0.2) is 0 Å². The third kappa shape index (κ3) is 7.26. The maximum atomic E-state index is 14.8. The van der Waals surface area contributed by atoms with Crippen molar-refractivity contribution in [2.24, 2.45) is 0 Å². The molecular formula is C25H22F4N4O5. The van der Waals surface area contributed by atoms with Gasteiger partial charge in [0.2, 0.25) is 0 Å². The number of aliphatic hydroxyl groups is 1. The monoisotopic (exact) mass is 534 g/mol. The van der Waals surface area contributed by atoms with Crippen LogP contribution in [0.2, 0.25) is 0 Å². The molecule has 1 aliphatic heterocycles. The summed E-state index contributed by atoms with van der Waals surface area (Å²) in [6, 6.07) is 11.6. The molecule has 0 spiro atoms. The van der Waals surface area contributed by atoms with Crippen LogP contribution < -0.4 is 10.6 Å². The van der Waals surface area contributed by atoms with E-state index in [4.69, 9.17) is 15.0 Å². The SMILES string of the molecule is O=C(NCCO)c1ccc(/C=C(\F)c2cc(-c3cc4c([nH]3)CCNC4=O)ccn2)cc1.O=C(O)C(F)(F)F. The van der Waals surface area contributed by atoms with Gasteiger partial charge in [-0.2, -0.15) is 13.2 Å². The lowest BCUT2D eigenvalue weighted by atomic mass is 10.1. The van der Waals surface area contributed by atoms with Gasteiger partial charge in [-0.3, -0.25) is 14.6 Å². The number of aromatic amines is 1. The number of carboxylic acid groups (broad SMARTS) is 1. The summed E-state index contributed by atoms with van der Waals surface area (Å²) in [7, 11) is 0. The van der Waals surface area contributed by atoms with Crippen LogP contribution in [-0.4, -0.2) is 63.8 Å². The number of halogens is 4. The molecule has 0 saturated heterocycles. The lowest BCUT2D eigenvalue weighted by Gasteiger charge is -2.10. The Kier molecular flexibility index (Phi) is 8.97. The van der Waals surface area contributed by atoms with E-state index in [1.54, 1.807) is 42.5 Å². The maximum absolute atomic E-state index is 14.8. The Morgan fingerprint density at radius 1 is 1.13 bits per heavy atom. The van der Waals surface area contributed by atoms with Gasteiger partial charge in [-0.1, -0.05) is 12.1 Å². The number of fused-ring (bicyclic) bond motifs is 1. The molecule has 13 heteroatoms. The third-order valence-corrected chi connectivity index (χ3v) is 5.23. The van der Waals surface area contributed by atoms with Crippen molar-refractivity contribution < 1.29 is 42.2 Å². The normalized spacial score (nSPS) is 13.1. The van der Waals surface area contributed by atoms with Crippen molar-refractivity contribution in [2.45, 2.75) is 12.6 Å². The quantitative estimate of drug-likeness (QED) is 0.307. The lowest BCUT2D eigenvalue weighted by Crippen LogP contribution is -2.31. The van der Waals surface area contributed by atoms with Crippen molar-refractivity contribution in [3.63, 3.8) is 0 Å². The summed E-state index contributed by atoms with van der Waals surface area (Å²) in [6.07, 6.45) is -1.50. The number of alkyl halides is 3. The summed E-state index contributed by atoms with van der Waals surface area (Å²) in [4.78, 5) is 40.1. The van der Waals surface area contributed by atoms with E-state index >= 15 is 0 Å². The summed E-state index contributed by atoms with van der Waals surface area (Å²) < 4.78 is 46.6. The molecule has 200 valence electrons. The van der Waals surface area contributed by atoms with Gasteiger partial charge in [0.05, 0.1) is 17.9 Å². The Morgan fingerprint density at radius 3 is 2.42 bits per heavy atom. The standard InChI is InChI=1S/C23H21FN4O3.C2HF3O2/c24-18(11-14-1-3-15(4-2-14)22(30)27-9-10-29)21-12-16(5-7-25-21)20-13-17-19(28-20)6-8-26-23(17)31;3-2(4,5)1(6)7/h1-5,7,11-13,28-29H,6,8-10H2,(H,26,31)(H,27,30);(H,6,7)/b18-11-;. The molecule has 0 atom stereocenters. The van der Waals surface area contributed by atoms with Crippen LogP contribution >= 0.6 is 0 Å². The fourth-order valence-electron chi connectivity index (χ4n) is 3.40. The number of carbonyl (C=O) groups is 3. The first kappa shape index (κ1) is 28.1. The van der Waals surface area contributed by atoms with Gasteiger partial charge in [-0.05, 0) is 42.0 Å². The van der Waals surface area contributed by atoms with Gasteiger partial charge in [0, 0.05) is 48.2 Å². The van der Waals surface area contributed by atoms with Crippen LogP contribution in [0.1, 0.15) is 37.7 Å². The predicted octanol–water partition coefficient (Wildman–Crippen LogP) is 3.19. The van der Waals surface area contributed by atoms with Gasteiger partial charge >= 0.3 is 12.1 Å². The van der Waals surface area contributed by atoms with Crippen LogP contribution in [0.3, 0.4) is 0 Å². The summed E-state index contributed by atoms with van der Waals surface area (Å²) in [5.74, 6) is -3.69. The first-order chi connectivity index (χ1) is 18.0. The number of aliphatic carboxylic acids is 1. The second-order valence-corrected chi connectivity index (χ2v) is 7.91. The smallest absolute Gasteiger partial charge is 0.475 e. The molecule has 38 heavy (non-hydrogen) atoms. The highest BCUT2D eigenvalue weighted by molar-refractivity contribution is 5.98. The molecule has 0 aliphatic carbocycles. The Hall–Kier alpha value is -4.52. The number of rotatable bonds is 6. The second-order valence-electron chi connectivity index (χ2n) is 7.91. The molecule has 4 rings (SSSR count). The molecule has 5 N–H and O–H groups in total. The number of pyridine rings is 1. The van der Waals surface area contributed by atoms with Crippen molar-refractivity contribution in [3.8, 4) is 11.3 Å². The first-order valence-electron chi connectivity index (χ1n) is 11.1. The number of aromatic nitrogens is 2. The number of carboxylic acids is 1. The van der Waals surface area contributed by atoms with Crippen LogP contribution in [0, 0.1) is 0 Å². The highest BCUT2D eigenvalue weighted by Crippen LogP contribution is 2.27. The number of amides is 2. The van der Waals surface area contributed by atoms with Crippen LogP contribution in [0.5, 0.6) is 0 Å². The summed E-state index contributed by atoms with van der Waals surface area (Å²) >= 11 is 0. The van der Waals surface area contributed by atoms with E-state index in [-0.39, 0.29) is 30.7 Å². The van der Waals surface area contributed by atoms with E-state index in [2.05, 4.69) is 20.6 Å². The molecule has 3 aromatic rings. The second kappa shape index (κ2) is 12.1. The van der Waals surface area contributed by atoms with Crippen molar-refractivity contribution in [2.75, 3.05) is 19.7 Å². The number of aliphatic hydroxyl groups excluding tert-OH is 1. The molecule has 0 unspecified atom stereocenters. The average molecular weight is 534 g/mol. The van der Waals surface area contributed by atoms with Crippen molar-refractivity contribution in [3.05, 3.63) is 76.7 Å². The molecule has 0 bridgehead atoms. The minimum atomic E-state index is -5.08. The minimum absolute atomic E-state index is 0.113. The van der Waals surface area contributed by atoms with Crippen LogP contribution in [0.4, 0.5) is 17.6 Å². The molecule has 0 fully saturated rings. The van der Waals surface area contributed by atoms with E-state index in [9.17, 15) is 27.2 Å². The zero-order valence-corrected chi connectivity index (χ0v) is 19.6. The van der Waals surface area contributed by atoms with E-state index in [0.717, 1.165) is 23.4 Å². The Morgan fingerprint density at radius 2 is 1.82 bits per heavy atom. The first-order valence-corrected chi connectivity index (χ1v) is 11.1. The average Bonchev–Trinajstić information content (AvgIpc) is 3.33. The number of H-pyrrole nitrogens is 1. The molecule has 2 amide bonds. The van der Waals surface area contributed by atoms with Crippen molar-refractivity contribution >= 4 is 29.7 Å². The van der Waals surface area contributed by atoms with E-state index in [1.165, 1.54) is 12.3 Å². The predicted molar refractivity (Wildman–Crippen MR) is 129 cm³/mol. The van der Waals surface area contributed by atoms with Crippen molar-refractivity contribution in [1.82, 2.24) is 20.6 Å². The van der Waals surface area contributed by atoms with E-state index < -0.39 is 18.0 Å². The maximum Gasteiger partial charge on any atom is 0.490 e. The van der Waals surface area contributed by atoms with Crippen LogP contribution in [-0.2, 0) is 11.2 Å². The summed E-state index contributed by atoms with van der Waals surface area (Å²) in [6.45, 7) is 0.625. The molecule has 9 nitrogen and oxygen atoms in total. The van der Waals surface area contributed by atoms with Gasteiger partial charge in [0.25, 0.3) is 11.8 Å². The molecule has 1 aliphatic rings. The number of nitrogens with one attached hydrogen (secondary N) is 3. The fourth-order valence-corrected chi connectivity index (χ4v) is 3.40. The zero-order chi connectivity index (χ0) is 27.9. The summed E-state index contributed by atoms with van der Waals surface area (Å²) in [5.41, 5.74) is 4.11. The number of nitrogens with zero attached hydrogens (tertiary/aromatic N) is 1. The molecule has 0 saturated carbocycles. The molecule has 1 aromatic carbocycles. The lowest BCUT2D eigenvalue weighted by molar-refractivity contribution is -0.192. The molecular weight excluding hydrogens is 512 g/mol. The van der Waals surface area contributed by atoms with Crippen molar-refractivity contribution in [1.29, 1.82) is 0 Å². The number of benzene rings is 1. The van der Waals surface area contributed by atoms with Crippen LogP contribution in [0.15, 0.2) is 48.7 Å². The third-order valence-electron chi connectivity index (χ3n) is 5.23. The largest absolute Gasteiger partial charge is 0.490 e. The van der Waals surface area contributed by atoms with E-state index in [1.807, 2.05) is 0 Å². The summed E-state index contributed by atoms with van der Waals surface area (Å²) in [5, 5.41) is 21.3. The topological polar surface area (TPSA) is 144 Å². The Balaban J connectivity index is 0.000000505. The van der Waals surface area contributed by atoms with Gasteiger partial charge in [-0.25, -0.2) is 9.18 Å². The highest BCUT2D eigenvalue weighted by Gasteiger charge is 2.38. The molecule has 3 heterocycles. The number of hydrogen-bond acceptors (Lipinski definition) is 5. The van der Waals surface area contributed by atoms with Crippen LogP contribution in [0.25, 0.3) is 23.2 Å². The fraction of sp³-hybridized carbons (Fsp3) is 0.200. The van der Waals surface area contributed by atoms with Gasteiger partial charge < -0.3 is 25.8 Å².